The van der Waals surface area contributed by atoms with Crippen molar-refractivity contribution in [2.45, 2.75) is 19.8 Å². The van der Waals surface area contributed by atoms with Gasteiger partial charge < -0.3 is 10.1 Å². The molecular weight excluding hydrogens is 382 g/mol. The summed E-state index contributed by atoms with van der Waals surface area (Å²) in [5, 5.41) is 10.8. The Bertz CT molecular complexity index is 1010. The van der Waals surface area contributed by atoms with E-state index in [-0.39, 0.29) is 5.91 Å². The summed E-state index contributed by atoms with van der Waals surface area (Å²) >= 11 is 1.82. The monoisotopic (exact) mass is 407 g/mol. The highest BCUT2D eigenvalue weighted by molar-refractivity contribution is 7.99. The fourth-order valence-corrected chi connectivity index (χ4v) is 4.28. The number of nitrogens with one attached hydrogen (secondary N) is 2. The highest BCUT2D eigenvalue weighted by Gasteiger charge is 2.23. The number of carbonyl (C=O) groups is 1. The number of rotatable bonds is 7. The van der Waals surface area contributed by atoms with Gasteiger partial charge in [-0.05, 0) is 54.5 Å². The molecular formula is C23H25N3O2S. The summed E-state index contributed by atoms with van der Waals surface area (Å²) < 4.78 is 5.35. The molecule has 2 N–H and O–H groups in total. The molecule has 1 heterocycles. The van der Waals surface area contributed by atoms with E-state index >= 15 is 0 Å². The molecule has 1 aliphatic carbocycles. The molecule has 0 saturated carbocycles. The van der Waals surface area contributed by atoms with Gasteiger partial charge in [0.15, 0.2) is 0 Å². The molecule has 29 heavy (non-hydrogen) atoms. The Labute approximate surface area is 175 Å². The minimum atomic E-state index is -0.0276. The van der Waals surface area contributed by atoms with Crippen LogP contribution in [0, 0.1) is 0 Å². The van der Waals surface area contributed by atoms with Crippen molar-refractivity contribution in [2.75, 3.05) is 25.2 Å². The molecule has 5 nitrogen and oxygen atoms in total. The first-order valence-corrected chi connectivity index (χ1v) is 11.1. The first-order valence-electron chi connectivity index (χ1n) is 9.92. The van der Waals surface area contributed by atoms with E-state index in [9.17, 15) is 4.79 Å². The normalized spacial score (nSPS) is 12.2. The van der Waals surface area contributed by atoms with Gasteiger partial charge in [0.2, 0.25) is 0 Å². The molecule has 0 atom stereocenters. The van der Waals surface area contributed by atoms with Crippen molar-refractivity contribution in [3.63, 3.8) is 0 Å². The molecule has 1 aliphatic rings. The smallest absolute Gasteiger partial charge is 0.251 e. The topological polar surface area (TPSA) is 67.0 Å². The Kier molecular flexibility index (Phi) is 5.90. The van der Waals surface area contributed by atoms with Crippen LogP contribution < -0.4 is 10.1 Å². The predicted octanol–water partition coefficient (Wildman–Crippen LogP) is 4.33. The summed E-state index contributed by atoms with van der Waals surface area (Å²) in [6.45, 7) is 2.81. The Balaban J connectivity index is 1.53. The minimum absolute atomic E-state index is 0.0276. The standard InChI is InChI=1S/C23H25N3O2S/c1-3-29-13-12-24-23(27)16-6-4-15(5-7-16)21-20-10-8-17-14-18(28-2)9-11-19(17)22(20)26-25-21/h4-7,9,11,14H,3,8,10,12-13H2,1-2H3,(H,24,27)(H,25,26). The highest BCUT2D eigenvalue weighted by Crippen LogP contribution is 2.38. The summed E-state index contributed by atoms with van der Waals surface area (Å²) in [4.78, 5) is 12.3. The number of hydrogen-bond donors (Lipinski definition) is 2. The molecule has 4 rings (SSSR count). The van der Waals surface area contributed by atoms with Crippen molar-refractivity contribution in [1.29, 1.82) is 0 Å². The average Bonchev–Trinajstić information content (AvgIpc) is 3.20. The van der Waals surface area contributed by atoms with Gasteiger partial charge in [0.25, 0.3) is 5.91 Å². The van der Waals surface area contributed by atoms with Gasteiger partial charge in [-0.15, -0.1) is 0 Å². The molecule has 3 aromatic rings. The second-order valence-corrected chi connectivity index (χ2v) is 8.37. The van der Waals surface area contributed by atoms with E-state index < -0.39 is 0 Å². The zero-order chi connectivity index (χ0) is 20.2. The Morgan fingerprint density at radius 2 is 2.03 bits per heavy atom. The number of amides is 1. The highest BCUT2D eigenvalue weighted by atomic mass is 32.2. The molecule has 0 bridgehead atoms. The zero-order valence-corrected chi connectivity index (χ0v) is 17.6. The molecule has 6 heteroatoms. The van der Waals surface area contributed by atoms with Crippen LogP contribution in [0.1, 0.15) is 28.4 Å². The second-order valence-electron chi connectivity index (χ2n) is 6.98. The Hall–Kier alpha value is -2.73. The van der Waals surface area contributed by atoms with E-state index in [1.807, 2.05) is 42.1 Å². The SMILES string of the molecule is CCSCCNC(=O)c1ccc(-c2n[nH]c3c2CCc2cc(OC)ccc2-3)cc1. The van der Waals surface area contributed by atoms with Gasteiger partial charge in [0.05, 0.1) is 18.5 Å². The number of H-pyrrole nitrogens is 1. The maximum Gasteiger partial charge on any atom is 0.251 e. The molecule has 0 unspecified atom stereocenters. The number of aromatic nitrogens is 2. The van der Waals surface area contributed by atoms with Crippen molar-refractivity contribution in [1.82, 2.24) is 15.5 Å². The molecule has 2 aromatic carbocycles. The molecule has 1 amide bonds. The number of aryl methyl sites for hydroxylation is 1. The quantitative estimate of drug-likeness (QED) is 0.572. The van der Waals surface area contributed by atoms with Gasteiger partial charge in [0, 0.05) is 34.6 Å². The summed E-state index contributed by atoms with van der Waals surface area (Å²) in [6, 6.07) is 13.9. The Morgan fingerprint density at radius 1 is 1.21 bits per heavy atom. The van der Waals surface area contributed by atoms with Crippen LogP contribution in [0.25, 0.3) is 22.5 Å². The lowest BCUT2D eigenvalue weighted by Gasteiger charge is -2.17. The fourth-order valence-electron chi connectivity index (χ4n) is 3.74. The number of aromatic amines is 1. The lowest BCUT2D eigenvalue weighted by molar-refractivity contribution is 0.0956. The summed E-state index contributed by atoms with van der Waals surface area (Å²) in [7, 11) is 1.69. The van der Waals surface area contributed by atoms with Crippen molar-refractivity contribution >= 4 is 17.7 Å². The van der Waals surface area contributed by atoms with Gasteiger partial charge >= 0.3 is 0 Å². The van der Waals surface area contributed by atoms with E-state index in [1.165, 1.54) is 16.7 Å². The molecule has 0 fully saturated rings. The van der Waals surface area contributed by atoms with Crippen LogP contribution in [0.15, 0.2) is 42.5 Å². The third-order valence-electron chi connectivity index (χ3n) is 5.25. The summed E-state index contributed by atoms with van der Waals surface area (Å²) in [5.74, 6) is 2.86. The van der Waals surface area contributed by atoms with Gasteiger partial charge in [0.1, 0.15) is 5.75 Å². The lowest BCUT2D eigenvalue weighted by atomic mass is 9.87. The van der Waals surface area contributed by atoms with Crippen LogP contribution in [-0.4, -0.2) is 41.3 Å². The van der Waals surface area contributed by atoms with Crippen molar-refractivity contribution in [3.8, 4) is 28.3 Å². The van der Waals surface area contributed by atoms with E-state index in [0.717, 1.165) is 47.0 Å². The van der Waals surface area contributed by atoms with E-state index in [2.05, 4.69) is 34.6 Å². The first-order chi connectivity index (χ1) is 14.2. The summed E-state index contributed by atoms with van der Waals surface area (Å²) in [5.41, 5.74) is 7.45. The minimum Gasteiger partial charge on any atom is -0.497 e. The maximum atomic E-state index is 12.3. The third-order valence-corrected chi connectivity index (χ3v) is 6.15. The molecule has 0 radical (unpaired) electrons. The van der Waals surface area contributed by atoms with Crippen LogP contribution in [0.2, 0.25) is 0 Å². The predicted molar refractivity (Wildman–Crippen MR) is 119 cm³/mol. The zero-order valence-electron chi connectivity index (χ0n) is 16.7. The number of methoxy groups -OCH3 is 1. The van der Waals surface area contributed by atoms with Gasteiger partial charge in [-0.25, -0.2) is 0 Å². The fraction of sp³-hybridized carbons (Fsp3) is 0.304. The maximum absolute atomic E-state index is 12.3. The van der Waals surface area contributed by atoms with Crippen LogP contribution in [-0.2, 0) is 12.8 Å². The van der Waals surface area contributed by atoms with Crippen molar-refractivity contribution in [2.24, 2.45) is 0 Å². The van der Waals surface area contributed by atoms with Crippen LogP contribution in [0.4, 0.5) is 0 Å². The Morgan fingerprint density at radius 3 is 2.79 bits per heavy atom. The number of benzene rings is 2. The number of fused-ring (bicyclic) bond motifs is 3. The van der Waals surface area contributed by atoms with Gasteiger partial charge in [-0.1, -0.05) is 19.1 Å². The molecule has 1 aromatic heterocycles. The third kappa shape index (κ3) is 4.03. The molecule has 150 valence electrons. The second kappa shape index (κ2) is 8.74. The number of ether oxygens (including phenoxy) is 1. The number of hydrogen-bond acceptors (Lipinski definition) is 4. The van der Waals surface area contributed by atoms with Gasteiger partial charge in [-0.2, -0.15) is 16.9 Å². The largest absolute Gasteiger partial charge is 0.497 e. The first kappa shape index (κ1) is 19.6. The van der Waals surface area contributed by atoms with Crippen molar-refractivity contribution < 1.29 is 9.53 Å². The van der Waals surface area contributed by atoms with Gasteiger partial charge in [-0.3, -0.25) is 9.89 Å². The molecule has 0 spiro atoms. The van der Waals surface area contributed by atoms with E-state index in [1.54, 1.807) is 7.11 Å². The summed E-state index contributed by atoms with van der Waals surface area (Å²) in [6.07, 6.45) is 1.89. The number of thioether (sulfide) groups is 1. The van der Waals surface area contributed by atoms with E-state index in [0.29, 0.717) is 12.1 Å². The molecule has 0 saturated heterocycles. The van der Waals surface area contributed by atoms with Crippen LogP contribution >= 0.6 is 11.8 Å². The number of nitrogens with zero attached hydrogens (tertiary/aromatic N) is 1. The van der Waals surface area contributed by atoms with E-state index in [4.69, 9.17) is 4.74 Å². The van der Waals surface area contributed by atoms with Crippen molar-refractivity contribution in [3.05, 3.63) is 59.2 Å². The average molecular weight is 408 g/mol. The number of carbonyl (C=O) groups excluding carboxylic acids is 1. The van der Waals surface area contributed by atoms with Crippen LogP contribution in [0.3, 0.4) is 0 Å². The lowest BCUT2D eigenvalue weighted by Crippen LogP contribution is -2.25. The van der Waals surface area contributed by atoms with Crippen LogP contribution in [0.5, 0.6) is 5.75 Å². The molecule has 0 aliphatic heterocycles.